The fourth-order valence-corrected chi connectivity index (χ4v) is 3.97. The maximum Gasteiger partial charge on any atom is 0.261 e. The molecule has 3 rings (SSSR count). The Hall–Kier alpha value is -2.66. The number of ether oxygens (including phenoxy) is 1. The number of rotatable bonds is 6. The van der Waals surface area contributed by atoms with E-state index in [0.29, 0.717) is 12.3 Å². The van der Waals surface area contributed by atoms with Crippen molar-refractivity contribution in [2.75, 3.05) is 0 Å². The molecule has 0 bridgehead atoms. The maximum atomic E-state index is 12.5. The van der Waals surface area contributed by atoms with Crippen LogP contribution in [-0.2, 0) is 11.3 Å². The van der Waals surface area contributed by atoms with E-state index < -0.39 is 6.10 Å². The van der Waals surface area contributed by atoms with Crippen molar-refractivity contribution in [3.8, 4) is 16.3 Å². The molecular weight excluding hydrogens is 368 g/mol. The van der Waals surface area contributed by atoms with Gasteiger partial charge in [-0.1, -0.05) is 30.3 Å². The van der Waals surface area contributed by atoms with Crippen LogP contribution >= 0.6 is 11.3 Å². The van der Waals surface area contributed by atoms with Crippen LogP contribution < -0.4 is 10.1 Å². The number of nitrogens with one attached hydrogen (secondary N) is 1. The molecule has 0 spiro atoms. The molecule has 0 aliphatic rings. The van der Waals surface area contributed by atoms with E-state index in [1.165, 1.54) is 11.1 Å². The Bertz CT molecular complexity index is 994. The first-order chi connectivity index (χ1) is 13.3. The molecule has 4 nitrogen and oxygen atoms in total. The predicted octanol–water partition coefficient (Wildman–Crippen LogP) is 5.13. The van der Waals surface area contributed by atoms with Gasteiger partial charge in [0.25, 0.3) is 5.91 Å². The summed E-state index contributed by atoms with van der Waals surface area (Å²) in [5.74, 6) is 0.574. The van der Waals surface area contributed by atoms with Gasteiger partial charge >= 0.3 is 0 Å². The Morgan fingerprint density at radius 2 is 1.82 bits per heavy atom. The smallest absolute Gasteiger partial charge is 0.261 e. The monoisotopic (exact) mass is 394 g/mol. The summed E-state index contributed by atoms with van der Waals surface area (Å²) in [7, 11) is 0. The van der Waals surface area contributed by atoms with Gasteiger partial charge in [0.1, 0.15) is 10.8 Å². The topological polar surface area (TPSA) is 51.2 Å². The minimum Gasteiger partial charge on any atom is -0.481 e. The average Bonchev–Trinajstić information content (AvgIpc) is 3.03. The van der Waals surface area contributed by atoms with Crippen LogP contribution in [-0.4, -0.2) is 17.0 Å². The number of aromatic nitrogens is 1. The van der Waals surface area contributed by atoms with Crippen molar-refractivity contribution >= 4 is 17.2 Å². The Kier molecular flexibility index (Phi) is 6.15. The van der Waals surface area contributed by atoms with Gasteiger partial charge in [0.15, 0.2) is 6.10 Å². The van der Waals surface area contributed by atoms with Crippen LogP contribution in [0.5, 0.6) is 5.75 Å². The molecule has 0 saturated heterocycles. The first-order valence-electron chi connectivity index (χ1n) is 9.39. The van der Waals surface area contributed by atoms with Crippen molar-refractivity contribution in [1.82, 2.24) is 10.3 Å². The lowest BCUT2D eigenvalue weighted by Gasteiger charge is -2.15. The largest absolute Gasteiger partial charge is 0.481 e. The van der Waals surface area contributed by atoms with E-state index in [0.717, 1.165) is 26.7 Å². The van der Waals surface area contributed by atoms with Gasteiger partial charge in [-0.05, 0) is 63.4 Å². The number of amides is 1. The van der Waals surface area contributed by atoms with Crippen molar-refractivity contribution in [2.45, 2.75) is 47.3 Å². The quantitative estimate of drug-likeness (QED) is 0.631. The third kappa shape index (κ3) is 4.60. The molecule has 0 saturated carbocycles. The molecule has 1 aromatic heterocycles. The highest BCUT2D eigenvalue weighted by Gasteiger charge is 2.17. The SMILES string of the molecule is Cc1ccc(OC(C)C(=O)NCc2sc(-c3ccccc3C)nc2C)cc1C. The standard InChI is InChI=1S/C23H26N2O2S/c1-14-10-11-19(12-16(14)3)27-18(5)22(26)24-13-21-17(4)25-23(28-21)20-9-7-6-8-15(20)2/h6-12,18H,13H2,1-5H3,(H,24,26). The first-order valence-corrected chi connectivity index (χ1v) is 10.2. The zero-order valence-corrected chi connectivity index (χ0v) is 17.8. The lowest BCUT2D eigenvalue weighted by atomic mass is 10.1. The molecule has 1 heterocycles. The van der Waals surface area contributed by atoms with Gasteiger partial charge in [0.05, 0.1) is 12.2 Å². The Balaban J connectivity index is 1.62. The van der Waals surface area contributed by atoms with Crippen LogP contribution in [0.15, 0.2) is 42.5 Å². The molecule has 0 aliphatic carbocycles. The Morgan fingerprint density at radius 3 is 2.54 bits per heavy atom. The zero-order valence-electron chi connectivity index (χ0n) is 17.0. The van der Waals surface area contributed by atoms with Crippen molar-refractivity contribution in [1.29, 1.82) is 0 Å². The third-order valence-corrected chi connectivity index (χ3v) is 6.04. The average molecular weight is 395 g/mol. The van der Waals surface area contributed by atoms with Crippen LogP contribution in [0.1, 0.15) is 34.2 Å². The second-order valence-corrected chi connectivity index (χ2v) is 8.15. The fourth-order valence-electron chi connectivity index (χ4n) is 2.88. The van der Waals surface area contributed by atoms with Gasteiger partial charge in [-0.2, -0.15) is 0 Å². The number of aryl methyl sites for hydroxylation is 4. The molecule has 3 aromatic rings. The highest BCUT2D eigenvalue weighted by molar-refractivity contribution is 7.15. The van der Waals surface area contributed by atoms with Crippen LogP contribution in [0, 0.1) is 27.7 Å². The van der Waals surface area contributed by atoms with Crippen molar-refractivity contribution in [3.63, 3.8) is 0 Å². The number of hydrogen-bond acceptors (Lipinski definition) is 4. The van der Waals surface area contributed by atoms with E-state index in [9.17, 15) is 4.79 Å². The number of carbonyl (C=O) groups is 1. The van der Waals surface area contributed by atoms with Crippen molar-refractivity contribution in [3.05, 3.63) is 69.7 Å². The summed E-state index contributed by atoms with van der Waals surface area (Å²) >= 11 is 1.62. The van der Waals surface area contributed by atoms with Gasteiger partial charge in [-0.3, -0.25) is 4.79 Å². The zero-order chi connectivity index (χ0) is 20.3. The molecule has 0 fully saturated rings. The maximum absolute atomic E-state index is 12.5. The number of nitrogens with zero attached hydrogens (tertiary/aromatic N) is 1. The molecule has 1 unspecified atom stereocenters. The Labute approximate surface area is 170 Å². The normalized spacial score (nSPS) is 11.9. The molecule has 0 aliphatic heterocycles. The number of thiazole rings is 1. The first kappa shape index (κ1) is 20.1. The van der Waals surface area contributed by atoms with Crippen molar-refractivity contribution in [2.24, 2.45) is 0 Å². The molecule has 5 heteroatoms. The van der Waals surface area contributed by atoms with E-state index in [4.69, 9.17) is 4.74 Å². The summed E-state index contributed by atoms with van der Waals surface area (Å²) in [6.45, 7) is 10.4. The Morgan fingerprint density at radius 1 is 1.07 bits per heavy atom. The predicted molar refractivity (Wildman–Crippen MR) is 115 cm³/mol. The summed E-state index contributed by atoms with van der Waals surface area (Å²) < 4.78 is 5.80. The second kappa shape index (κ2) is 8.57. The second-order valence-electron chi connectivity index (χ2n) is 7.07. The molecule has 0 radical (unpaired) electrons. The number of hydrogen-bond donors (Lipinski definition) is 1. The highest BCUT2D eigenvalue weighted by atomic mass is 32.1. The van der Waals surface area contributed by atoms with Gasteiger partial charge in [0, 0.05) is 10.4 Å². The minimum atomic E-state index is -0.564. The van der Waals surface area contributed by atoms with Gasteiger partial charge in [-0.15, -0.1) is 11.3 Å². The van der Waals surface area contributed by atoms with Gasteiger partial charge in [0.2, 0.25) is 0 Å². The summed E-state index contributed by atoms with van der Waals surface area (Å²) in [4.78, 5) is 18.2. The lowest BCUT2D eigenvalue weighted by molar-refractivity contribution is -0.127. The summed E-state index contributed by atoms with van der Waals surface area (Å²) in [5, 5.41) is 3.96. The molecular formula is C23H26N2O2S. The number of carbonyl (C=O) groups excluding carboxylic acids is 1. The van der Waals surface area contributed by atoms with Crippen LogP contribution in [0.3, 0.4) is 0 Å². The van der Waals surface area contributed by atoms with E-state index >= 15 is 0 Å². The van der Waals surface area contributed by atoms with Gasteiger partial charge < -0.3 is 10.1 Å². The molecule has 1 amide bonds. The molecule has 1 atom stereocenters. The fraction of sp³-hybridized carbons (Fsp3) is 0.304. The van der Waals surface area contributed by atoms with Crippen molar-refractivity contribution < 1.29 is 9.53 Å². The van der Waals surface area contributed by atoms with Crippen LogP contribution in [0.25, 0.3) is 10.6 Å². The molecule has 2 aromatic carbocycles. The minimum absolute atomic E-state index is 0.136. The third-order valence-electron chi connectivity index (χ3n) is 4.85. The van der Waals surface area contributed by atoms with Crippen LogP contribution in [0.2, 0.25) is 0 Å². The highest BCUT2D eigenvalue weighted by Crippen LogP contribution is 2.30. The molecule has 146 valence electrons. The van der Waals surface area contributed by atoms with E-state index in [1.807, 2.05) is 44.2 Å². The van der Waals surface area contributed by atoms with Crippen LogP contribution in [0.4, 0.5) is 0 Å². The molecule has 28 heavy (non-hydrogen) atoms. The van der Waals surface area contributed by atoms with E-state index in [2.05, 4.69) is 36.3 Å². The van der Waals surface area contributed by atoms with Gasteiger partial charge in [-0.25, -0.2) is 4.98 Å². The van der Waals surface area contributed by atoms with E-state index in [-0.39, 0.29) is 5.91 Å². The summed E-state index contributed by atoms with van der Waals surface area (Å²) in [6.07, 6.45) is -0.564. The lowest BCUT2D eigenvalue weighted by Crippen LogP contribution is -2.35. The number of benzene rings is 2. The summed E-state index contributed by atoms with van der Waals surface area (Å²) in [5.41, 5.74) is 5.64. The van der Waals surface area contributed by atoms with E-state index in [1.54, 1.807) is 18.3 Å². The molecule has 1 N–H and O–H groups in total. The summed E-state index contributed by atoms with van der Waals surface area (Å²) in [6, 6.07) is 14.1.